The molecule has 1 atom stereocenters. The standard InChI is InChI=1S/C26H21Cl3F3N3O3S/c1-2-39(37,38)25(29)13-17(16-7-4-3-5-8-16)11-12-21(25)35-14-20(24(36)33-15-26(30,31)32)34-23(35)22-18(27)9-6-10-19(22)28/h3-12,14H,2,13,15H2,1H3,(H,33,36). The van der Waals surface area contributed by atoms with Crippen molar-refractivity contribution in [2.45, 2.75) is 23.7 Å². The third-order valence-electron chi connectivity index (χ3n) is 6.09. The minimum Gasteiger partial charge on any atom is -0.342 e. The molecule has 3 aromatic rings. The molecule has 2 aromatic carbocycles. The molecule has 4 rings (SSSR count). The number of halogens is 6. The van der Waals surface area contributed by atoms with Crippen molar-refractivity contribution in [2.75, 3.05) is 12.3 Å². The summed E-state index contributed by atoms with van der Waals surface area (Å²) in [5.41, 5.74) is 1.14. The van der Waals surface area contributed by atoms with Crippen LogP contribution in [0.15, 0.2) is 66.9 Å². The smallest absolute Gasteiger partial charge is 0.342 e. The number of carbonyl (C=O) groups excluding carboxylic acids is 1. The number of imidazole rings is 1. The molecule has 0 saturated carbocycles. The van der Waals surface area contributed by atoms with Crippen LogP contribution in [0.2, 0.25) is 10.0 Å². The Balaban J connectivity index is 1.96. The van der Waals surface area contributed by atoms with Crippen LogP contribution in [-0.2, 0) is 9.84 Å². The van der Waals surface area contributed by atoms with E-state index in [4.69, 9.17) is 34.8 Å². The van der Waals surface area contributed by atoms with Gasteiger partial charge in [0.15, 0.2) is 14.0 Å². The highest BCUT2D eigenvalue weighted by atomic mass is 35.5. The predicted octanol–water partition coefficient (Wildman–Crippen LogP) is 6.85. The average molecular weight is 619 g/mol. The van der Waals surface area contributed by atoms with Crippen molar-refractivity contribution in [2.24, 2.45) is 0 Å². The van der Waals surface area contributed by atoms with Gasteiger partial charge in [0.25, 0.3) is 5.91 Å². The number of carbonyl (C=O) groups is 1. The molecular formula is C26H21Cl3F3N3O3S. The number of amides is 1. The van der Waals surface area contributed by atoms with Gasteiger partial charge in [-0.3, -0.25) is 9.36 Å². The number of nitrogens with zero attached hydrogens (tertiary/aromatic N) is 2. The number of hydrogen-bond donors (Lipinski definition) is 1. The van der Waals surface area contributed by atoms with Gasteiger partial charge in [0, 0.05) is 18.4 Å². The lowest BCUT2D eigenvalue weighted by atomic mass is 9.95. The topological polar surface area (TPSA) is 81.1 Å². The van der Waals surface area contributed by atoms with Crippen LogP contribution in [0.4, 0.5) is 13.2 Å². The first kappa shape index (κ1) is 29.2. The van der Waals surface area contributed by atoms with E-state index < -0.39 is 38.4 Å². The quantitative estimate of drug-likeness (QED) is 0.294. The van der Waals surface area contributed by atoms with E-state index in [9.17, 15) is 26.4 Å². The first-order chi connectivity index (χ1) is 18.3. The molecule has 0 spiro atoms. The molecule has 0 saturated heterocycles. The lowest BCUT2D eigenvalue weighted by Crippen LogP contribution is -2.39. The Morgan fingerprint density at radius 1 is 1.08 bits per heavy atom. The lowest BCUT2D eigenvalue weighted by molar-refractivity contribution is -0.123. The molecule has 1 aromatic heterocycles. The van der Waals surface area contributed by atoms with Gasteiger partial charge in [0.1, 0.15) is 18.1 Å². The highest BCUT2D eigenvalue weighted by Gasteiger charge is 2.48. The number of sulfone groups is 1. The summed E-state index contributed by atoms with van der Waals surface area (Å²) in [5.74, 6) is -1.51. The van der Waals surface area contributed by atoms with Gasteiger partial charge in [-0.25, -0.2) is 13.4 Å². The van der Waals surface area contributed by atoms with Crippen LogP contribution in [0.3, 0.4) is 0 Å². The fourth-order valence-corrected chi connectivity index (χ4v) is 6.65. The fourth-order valence-electron chi connectivity index (χ4n) is 4.14. The van der Waals surface area contributed by atoms with E-state index in [1.165, 1.54) is 29.7 Å². The molecule has 1 heterocycles. The molecule has 0 bridgehead atoms. The number of benzene rings is 2. The molecule has 0 fully saturated rings. The van der Waals surface area contributed by atoms with Crippen molar-refractivity contribution in [3.8, 4) is 11.4 Å². The molecule has 1 unspecified atom stereocenters. The van der Waals surface area contributed by atoms with Gasteiger partial charge >= 0.3 is 6.18 Å². The zero-order valence-electron chi connectivity index (χ0n) is 20.3. The van der Waals surface area contributed by atoms with Gasteiger partial charge in [0.05, 0.1) is 21.3 Å². The molecule has 13 heteroatoms. The minimum atomic E-state index is -4.65. The highest BCUT2D eigenvalue weighted by molar-refractivity contribution is 7.94. The van der Waals surface area contributed by atoms with E-state index in [0.717, 1.165) is 11.8 Å². The van der Waals surface area contributed by atoms with Crippen LogP contribution >= 0.6 is 34.8 Å². The summed E-state index contributed by atoms with van der Waals surface area (Å²) in [6.45, 7) is -0.135. The fraction of sp³-hybridized carbons (Fsp3) is 0.231. The number of nitrogens with one attached hydrogen (secondary N) is 1. The summed E-state index contributed by atoms with van der Waals surface area (Å²) in [6.07, 6.45) is -0.490. The summed E-state index contributed by atoms with van der Waals surface area (Å²) in [6, 6.07) is 13.6. The predicted molar refractivity (Wildman–Crippen MR) is 147 cm³/mol. The third kappa shape index (κ3) is 5.89. The zero-order chi connectivity index (χ0) is 28.6. The zero-order valence-corrected chi connectivity index (χ0v) is 23.4. The first-order valence-electron chi connectivity index (χ1n) is 11.5. The SMILES string of the molecule is CCS(=O)(=O)C1(Cl)CC(c2ccccc2)=CC=C1n1cc(C(=O)NCC(F)(F)F)nc1-c1c(Cl)cccc1Cl. The minimum absolute atomic E-state index is 0.0130. The van der Waals surface area contributed by atoms with Crippen LogP contribution in [0.25, 0.3) is 22.7 Å². The van der Waals surface area contributed by atoms with Crippen molar-refractivity contribution in [3.05, 3.63) is 88.2 Å². The second-order valence-corrected chi connectivity index (χ2v) is 12.8. The average Bonchev–Trinajstić information content (AvgIpc) is 3.31. The number of rotatable bonds is 7. The first-order valence-corrected chi connectivity index (χ1v) is 14.3. The summed E-state index contributed by atoms with van der Waals surface area (Å²) in [4.78, 5) is 16.9. The molecule has 0 aliphatic heterocycles. The lowest BCUT2D eigenvalue weighted by Gasteiger charge is -2.34. The Bertz CT molecular complexity index is 1570. The maximum atomic E-state index is 13.5. The van der Waals surface area contributed by atoms with Crippen molar-refractivity contribution >= 4 is 61.8 Å². The monoisotopic (exact) mass is 617 g/mol. The second kappa shape index (κ2) is 11.0. The van der Waals surface area contributed by atoms with Crippen molar-refractivity contribution in [1.82, 2.24) is 14.9 Å². The van der Waals surface area contributed by atoms with Crippen LogP contribution in [0.1, 0.15) is 29.4 Å². The van der Waals surface area contributed by atoms with Gasteiger partial charge in [0.2, 0.25) is 0 Å². The Morgan fingerprint density at radius 3 is 2.31 bits per heavy atom. The molecule has 1 aliphatic rings. The van der Waals surface area contributed by atoms with E-state index >= 15 is 0 Å². The molecule has 6 nitrogen and oxygen atoms in total. The van der Waals surface area contributed by atoms with Gasteiger partial charge in [-0.15, -0.1) is 0 Å². The molecule has 206 valence electrons. The van der Waals surface area contributed by atoms with Crippen LogP contribution in [0, 0.1) is 0 Å². The number of alkyl halides is 4. The maximum Gasteiger partial charge on any atom is 0.405 e. The van der Waals surface area contributed by atoms with Crippen LogP contribution < -0.4 is 5.32 Å². The molecule has 1 amide bonds. The maximum absolute atomic E-state index is 13.5. The Hall–Kier alpha value is -2.79. The van der Waals surface area contributed by atoms with Gasteiger partial charge in [-0.05, 0) is 29.3 Å². The summed E-state index contributed by atoms with van der Waals surface area (Å²) >= 11 is 19.8. The van der Waals surface area contributed by atoms with E-state index in [1.807, 2.05) is 18.2 Å². The van der Waals surface area contributed by atoms with Gasteiger partial charge < -0.3 is 5.32 Å². The second-order valence-electron chi connectivity index (χ2n) is 8.63. The number of aromatic nitrogens is 2. The molecule has 0 radical (unpaired) electrons. The Labute approximate surface area is 238 Å². The third-order valence-corrected chi connectivity index (χ3v) is 9.86. The van der Waals surface area contributed by atoms with Gasteiger partial charge in [-0.2, -0.15) is 13.2 Å². The summed E-state index contributed by atoms with van der Waals surface area (Å²) in [5, 5.41) is 2.00. The van der Waals surface area contributed by atoms with Crippen molar-refractivity contribution < 1.29 is 26.4 Å². The summed E-state index contributed by atoms with van der Waals surface area (Å²) in [7, 11) is -4.03. The number of allylic oxidation sites excluding steroid dienone is 3. The normalized spacial score (nSPS) is 17.9. The van der Waals surface area contributed by atoms with E-state index in [0.29, 0.717) is 5.57 Å². The Kier molecular flexibility index (Phi) is 8.23. The molecular weight excluding hydrogens is 598 g/mol. The van der Waals surface area contributed by atoms with Crippen LogP contribution in [0.5, 0.6) is 0 Å². The molecule has 1 aliphatic carbocycles. The highest BCUT2D eigenvalue weighted by Crippen LogP contribution is 2.48. The number of hydrogen-bond acceptors (Lipinski definition) is 4. The van der Waals surface area contributed by atoms with E-state index in [1.54, 1.807) is 29.6 Å². The largest absolute Gasteiger partial charge is 0.405 e. The van der Waals surface area contributed by atoms with Crippen molar-refractivity contribution in [3.63, 3.8) is 0 Å². The summed E-state index contributed by atoms with van der Waals surface area (Å²) < 4.78 is 64.4. The van der Waals surface area contributed by atoms with Crippen LogP contribution in [-0.4, -0.2) is 46.6 Å². The van der Waals surface area contributed by atoms with Gasteiger partial charge in [-0.1, -0.05) is 84.2 Å². The van der Waals surface area contributed by atoms with E-state index in [2.05, 4.69) is 4.98 Å². The molecule has 39 heavy (non-hydrogen) atoms. The molecule has 1 N–H and O–H groups in total. The van der Waals surface area contributed by atoms with Crippen molar-refractivity contribution in [1.29, 1.82) is 0 Å². The Morgan fingerprint density at radius 2 is 1.72 bits per heavy atom. The van der Waals surface area contributed by atoms with E-state index in [-0.39, 0.29) is 39.3 Å².